The predicted octanol–water partition coefficient (Wildman–Crippen LogP) is 8.58. The van der Waals surface area contributed by atoms with Crippen LogP contribution in [0.15, 0.2) is 55.1 Å². The largest absolute Gasteiger partial charge is 0.294 e. The summed E-state index contributed by atoms with van der Waals surface area (Å²) in [4.78, 5) is 13.0. The van der Waals surface area contributed by atoms with Crippen molar-refractivity contribution in [2.75, 3.05) is 0 Å². The average Bonchev–Trinajstić information content (AvgIpc) is 3.36. The molecular formula is C33H44O. The van der Waals surface area contributed by atoms with Gasteiger partial charge in [0, 0.05) is 13.4 Å². The lowest BCUT2D eigenvalue weighted by atomic mass is 9.72. The zero-order valence-corrected chi connectivity index (χ0v) is 20.9. The van der Waals surface area contributed by atoms with Crippen LogP contribution >= 0.6 is 0 Å². The number of aryl methyl sites for hydroxylation is 3. The van der Waals surface area contributed by atoms with Crippen molar-refractivity contribution in [2.45, 2.75) is 89.9 Å². The van der Waals surface area contributed by atoms with Crippen LogP contribution in [-0.2, 0) is 25.7 Å². The molecule has 5 rings (SSSR count). The van der Waals surface area contributed by atoms with Gasteiger partial charge in [0.1, 0.15) is 0 Å². The summed E-state index contributed by atoms with van der Waals surface area (Å²) in [5, 5.41) is 0. The molecule has 0 N–H and O–H groups in total. The first-order valence-electron chi connectivity index (χ1n) is 14.0. The number of rotatable bonds is 10. The maximum Gasteiger partial charge on any atom is 0.163 e. The fourth-order valence-corrected chi connectivity index (χ4v) is 6.71. The van der Waals surface area contributed by atoms with Crippen molar-refractivity contribution in [3.8, 4) is 0 Å². The maximum absolute atomic E-state index is 13.0. The van der Waals surface area contributed by atoms with E-state index in [9.17, 15) is 4.79 Å². The van der Waals surface area contributed by atoms with Crippen molar-refractivity contribution in [1.82, 2.24) is 0 Å². The van der Waals surface area contributed by atoms with Gasteiger partial charge in [0.2, 0.25) is 0 Å². The van der Waals surface area contributed by atoms with Crippen LogP contribution in [0.4, 0.5) is 0 Å². The number of hydrogen-bond acceptors (Lipinski definition) is 1. The normalized spacial score (nSPS) is 24.4. The molecule has 182 valence electrons. The molecule has 0 aliphatic heterocycles. The number of fused-ring (bicyclic) bond motifs is 1. The second-order valence-electron chi connectivity index (χ2n) is 11.6. The van der Waals surface area contributed by atoms with E-state index in [1.165, 1.54) is 80.0 Å². The molecule has 0 amide bonds. The van der Waals surface area contributed by atoms with Gasteiger partial charge in [0.15, 0.2) is 5.78 Å². The van der Waals surface area contributed by atoms with Crippen molar-refractivity contribution in [2.24, 2.45) is 23.7 Å². The molecule has 3 aliphatic rings. The van der Waals surface area contributed by atoms with E-state index in [1.807, 2.05) is 0 Å². The predicted molar refractivity (Wildman–Crippen MR) is 144 cm³/mol. The minimum Gasteiger partial charge on any atom is -0.294 e. The van der Waals surface area contributed by atoms with Gasteiger partial charge in [-0.25, -0.2) is 0 Å². The standard InChI is InChI=1S/C33H42O.H2/c1-2-24-19-28(20-24)10-9-27-13-17-32-22-29(14-18-31(32)21-27)23-33(34)30-15-11-26(12-16-30)8-7-25-5-3-4-6-25;/h2,11-13,15-17,21,24-25,28-29H,1,3-10,14,18-20,22-23H2;1H/t24?,28?,29-;/m0./s1. The number of Topliss-reactive ketones (excluding diaryl/α,β-unsaturated/α-hetero) is 1. The molecule has 0 radical (unpaired) electrons. The third-order valence-electron chi connectivity index (χ3n) is 9.11. The van der Waals surface area contributed by atoms with E-state index in [-0.39, 0.29) is 1.43 Å². The minimum atomic E-state index is 0. The molecule has 0 spiro atoms. The molecule has 1 nitrogen and oxygen atoms in total. The Balaban J connectivity index is 0.00000289. The van der Waals surface area contributed by atoms with Gasteiger partial charge in [0.25, 0.3) is 0 Å². The zero-order chi connectivity index (χ0) is 23.3. The number of hydrogen-bond donors (Lipinski definition) is 0. The van der Waals surface area contributed by atoms with Crippen LogP contribution in [0.5, 0.6) is 0 Å². The van der Waals surface area contributed by atoms with Gasteiger partial charge in [-0.15, -0.1) is 6.58 Å². The molecule has 0 saturated heterocycles. The third-order valence-corrected chi connectivity index (χ3v) is 9.11. The Morgan fingerprint density at radius 2 is 1.56 bits per heavy atom. The van der Waals surface area contributed by atoms with E-state index < -0.39 is 0 Å². The second-order valence-corrected chi connectivity index (χ2v) is 11.6. The highest BCUT2D eigenvalue weighted by atomic mass is 16.1. The van der Waals surface area contributed by atoms with Crippen molar-refractivity contribution >= 4 is 5.78 Å². The van der Waals surface area contributed by atoms with Gasteiger partial charge in [-0.3, -0.25) is 4.79 Å². The fraction of sp³-hybridized carbons (Fsp3) is 0.545. The molecular weight excluding hydrogens is 412 g/mol. The van der Waals surface area contributed by atoms with E-state index in [0.29, 0.717) is 18.1 Å². The Bertz CT molecular complexity index is 979. The Labute approximate surface area is 208 Å². The molecule has 1 atom stereocenters. The summed E-state index contributed by atoms with van der Waals surface area (Å²) in [5.41, 5.74) is 6.81. The molecule has 2 fully saturated rings. The lowest BCUT2D eigenvalue weighted by molar-refractivity contribution is 0.0957. The van der Waals surface area contributed by atoms with Crippen LogP contribution in [0.1, 0.15) is 98.2 Å². The SMILES string of the molecule is C=CC1CC(CCc2ccc3c(c2)CC[C@H](CC(=O)c2ccc(CCC4CCCC4)cc2)C3)C1.[HH]. The molecule has 2 saturated carbocycles. The first-order valence-corrected chi connectivity index (χ1v) is 14.0. The van der Waals surface area contributed by atoms with Crippen molar-refractivity contribution in [3.05, 3.63) is 82.9 Å². The lowest BCUT2D eigenvalue weighted by Gasteiger charge is -2.33. The molecule has 0 aromatic heterocycles. The first kappa shape index (κ1) is 23.6. The van der Waals surface area contributed by atoms with Crippen molar-refractivity contribution in [1.29, 1.82) is 0 Å². The highest BCUT2D eigenvalue weighted by Gasteiger charge is 2.26. The molecule has 2 aromatic rings. The van der Waals surface area contributed by atoms with Gasteiger partial charge in [-0.1, -0.05) is 74.2 Å². The molecule has 0 bridgehead atoms. The highest BCUT2D eigenvalue weighted by molar-refractivity contribution is 5.96. The van der Waals surface area contributed by atoms with E-state index in [0.717, 1.165) is 49.0 Å². The molecule has 0 unspecified atom stereocenters. The number of carbonyl (C=O) groups excluding carboxylic acids is 1. The summed E-state index contributed by atoms with van der Waals surface area (Å²) < 4.78 is 0. The van der Waals surface area contributed by atoms with Gasteiger partial charge in [-0.05, 0) is 104 Å². The van der Waals surface area contributed by atoms with E-state index in [2.05, 4.69) is 55.1 Å². The molecule has 0 heterocycles. The summed E-state index contributed by atoms with van der Waals surface area (Å²) in [7, 11) is 0. The fourth-order valence-electron chi connectivity index (χ4n) is 6.71. The third kappa shape index (κ3) is 5.91. The number of ketones is 1. The summed E-state index contributed by atoms with van der Waals surface area (Å²) >= 11 is 0. The number of allylic oxidation sites excluding steroid dienone is 1. The first-order chi connectivity index (χ1) is 16.7. The van der Waals surface area contributed by atoms with E-state index in [4.69, 9.17) is 0 Å². The van der Waals surface area contributed by atoms with Crippen LogP contribution in [0, 0.1) is 23.7 Å². The Morgan fingerprint density at radius 3 is 2.32 bits per heavy atom. The number of benzene rings is 2. The Morgan fingerprint density at radius 1 is 0.853 bits per heavy atom. The zero-order valence-electron chi connectivity index (χ0n) is 20.9. The van der Waals surface area contributed by atoms with Gasteiger partial charge in [0.05, 0.1) is 0 Å². The van der Waals surface area contributed by atoms with Gasteiger partial charge >= 0.3 is 0 Å². The van der Waals surface area contributed by atoms with E-state index >= 15 is 0 Å². The van der Waals surface area contributed by atoms with Crippen LogP contribution in [0.2, 0.25) is 0 Å². The van der Waals surface area contributed by atoms with Gasteiger partial charge in [-0.2, -0.15) is 0 Å². The smallest absolute Gasteiger partial charge is 0.163 e. The Kier molecular flexibility index (Phi) is 7.67. The number of carbonyl (C=O) groups is 1. The Hall–Kier alpha value is -2.15. The van der Waals surface area contributed by atoms with Crippen LogP contribution < -0.4 is 0 Å². The average molecular weight is 457 g/mol. The molecule has 3 aliphatic carbocycles. The molecule has 34 heavy (non-hydrogen) atoms. The summed E-state index contributed by atoms with van der Waals surface area (Å²) in [6, 6.07) is 15.7. The highest BCUT2D eigenvalue weighted by Crippen LogP contribution is 2.38. The summed E-state index contributed by atoms with van der Waals surface area (Å²) in [6.07, 6.45) is 19.5. The summed E-state index contributed by atoms with van der Waals surface area (Å²) in [6.45, 7) is 3.93. The monoisotopic (exact) mass is 456 g/mol. The maximum atomic E-state index is 13.0. The topological polar surface area (TPSA) is 17.1 Å². The van der Waals surface area contributed by atoms with E-state index in [1.54, 1.807) is 0 Å². The van der Waals surface area contributed by atoms with Crippen LogP contribution in [0.25, 0.3) is 0 Å². The quantitative estimate of drug-likeness (QED) is 0.258. The molecule has 1 heteroatoms. The second kappa shape index (κ2) is 11.1. The minimum absolute atomic E-state index is 0. The van der Waals surface area contributed by atoms with Crippen molar-refractivity contribution in [3.63, 3.8) is 0 Å². The van der Waals surface area contributed by atoms with Gasteiger partial charge < -0.3 is 0 Å². The lowest BCUT2D eigenvalue weighted by Crippen LogP contribution is -2.22. The van der Waals surface area contributed by atoms with Crippen LogP contribution in [0.3, 0.4) is 0 Å². The summed E-state index contributed by atoms with van der Waals surface area (Å²) in [5.74, 6) is 3.41. The van der Waals surface area contributed by atoms with Crippen molar-refractivity contribution < 1.29 is 6.22 Å². The molecule has 2 aromatic carbocycles. The van der Waals surface area contributed by atoms with Crippen LogP contribution in [-0.4, -0.2) is 5.78 Å².